The molecular weight excluding hydrogens is 272 g/mol. The van der Waals surface area contributed by atoms with Crippen LogP contribution in [0, 0.1) is 5.41 Å². The Labute approximate surface area is 124 Å². The maximum atomic E-state index is 12.8. The highest BCUT2D eigenvalue weighted by Gasteiger charge is 2.49. The summed E-state index contributed by atoms with van der Waals surface area (Å²) in [7, 11) is 0. The van der Waals surface area contributed by atoms with Crippen molar-refractivity contribution in [1.82, 2.24) is 9.80 Å². The molecule has 21 heavy (non-hydrogen) atoms. The van der Waals surface area contributed by atoms with E-state index in [1.165, 1.54) is 0 Å². The van der Waals surface area contributed by atoms with Gasteiger partial charge in [-0.1, -0.05) is 6.92 Å². The Balaban J connectivity index is 1.71. The molecule has 3 heterocycles. The van der Waals surface area contributed by atoms with E-state index in [1.807, 2.05) is 11.8 Å². The number of amides is 2. The smallest absolute Gasteiger partial charge is 0.320 e. The highest BCUT2D eigenvalue weighted by Crippen LogP contribution is 2.39. The normalized spacial score (nSPS) is 38.9. The fraction of sp³-hybridized carbons (Fsp3) is 0.867. The zero-order chi connectivity index (χ0) is 15.2. The van der Waals surface area contributed by atoms with Gasteiger partial charge in [0.15, 0.2) is 0 Å². The first kappa shape index (κ1) is 14.6. The lowest BCUT2D eigenvalue weighted by Crippen LogP contribution is -2.53. The molecular formula is C15H24N2O4. The van der Waals surface area contributed by atoms with Crippen LogP contribution >= 0.6 is 0 Å². The van der Waals surface area contributed by atoms with E-state index in [0.29, 0.717) is 38.8 Å². The lowest BCUT2D eigenvalue weighted by Gasteiger charge is -2.39. The molecule has 2 amide bonds. The van der Waals surface area contributed by atoms with Gasteiger partial charge in [0, 0.05) is 25.2 Å². The summed E-state index contributed by atoms with van der Waals surface area (Å²) in [6, 6.07) is 0.242. The number of likely N-dealkylation sites (tertiary alicyclic amines) is 1. The molecule has 3 unspecified atom stereocenters. The molecule has 6 heteroatoms. The number of urea groups is 1. The number of rotatable bonds is 2. The molecule has 0 radical (unpaired) electrons. The number of carbonyl (C=O) groups excluding carboxylic acids is 1. The largest absolute Gasteiger partial charge is 0.481 e. The number of hydrogen-bond acceptors (Lipinski definition) is 3. The number of carboxylic acid groups (broad SMARTS) is 1. The van der Waals surface area contributed by atoms with Crippen LogP contribution in [0.3, 0.4) is 0 Å². The fourth-order valence-corrected chi connectivity index (χ4v) is 4.27. The molecule has 3 atom stereocenters. The van der Waals surface area contributed by atoms with Crippen molar-refractivity contribution in [3.63, 3.8) is 0 Å². The topological polar surface area (TPSA) is 81.1 Å². The van der Waals surface area contributed by atoms with Gasteiger partial charge in [-0.15, -0.1) is 0 Å². The molecule has 0 aliphatic carbocycles. The van der Waals surface area contributed by atoms with Crippen LogP contribution in [0.5, 0.6) is 0 Å². The van der Waals surface area contributed by atoms with E-state index in [1.54, 1.807) is 4.90 Å². The van der Waals surface area contributed by atoms with E-state index < -0.39 is 11.4 Å². The number of carbonyl (C=O) groups is 2. The number of aliphatic hydroxyl groups excluding tert-OH is 1. The van der Waals surface area contributed by atoms with Crippen LogP contribution in [0.2, 0.25) is 0 Å². The van der Waals surface area contributed by atoms with Gasteiger partial charge in [-0.2, -0.15) is 0 Å². The molecule has 0 aromatic rings. The monoisotopic (exact) mass is 296 g/mol. The number of carboxylic acids is 1. The van der Waals surface area contributed by atoms with Gasteiger partial charge in [0.05, 0.1) is 11.5 Å². The highest BCUT2D eigenvalue weighted by atomic mass is 16.4. The third-order valence-corrected chi connectivity index (χ3v) is 5.68. The molecule has 0 aromatic carbocycles. The number of aliphatic hydroxyl groups is 1. The summed E-state index contributed by atoms with van der Waals surface area (Å²) >= 11 is 0. The van der Waals surface area contributed by atoms with Crippen LogP contribution in [0.25, 0.3) is 0 Å². The van der Waals surface area contributed by atoms with Crippen molar-refractivity contribution in [3.05, 3.63) is 0 Å². The minimum atomic E-state index is -0.794. The molecule has 118 valence electrons. The zero-order valence-corrected chi connectivity index (χ0v) is 12.5. The van der Waals surface area contributed by atoms with Crippen molar-refractivity contribution in [2.45, 2.75) is 63.6 Å². The summed E-state index contributed by atoms with van der Waals surface area (Å²) in [6.45, 7) is 2.72. The number of nitrogens with zero attached hydrogens (tertiary/aromatic N) is 2. The van der Waals surface area contributed by atoms with Crippen molar-refractivity contribution in [2.75, 3.05) is 13.1 Å². The molecule has 3 fully saturated rings. The van der Waals surface area contributed by atoms with Gasteiger partial charge in [0.2, 0.25) is 0 Å². The number of piperidine rings is 1. The van der Waals surface area contributed by atoms with Gasteiger partial charge in [-0.3, -0.25) is 4.79 Å². The Kier molecular flexibility index (Phi) is 3.59. The minimum Gasteiger partial charge on any atom is -0.481 e. The molecule has 2 N–H and O–H groups in total. The van der Waals surface area contributed by atoms with Gasteiger partial charge in [0.1, 0.15) is 0 Å². The van der Waals surface area contributed by atoms with Crippen LogP contribution < -0.4 is 0 Å². The predicted octanol–water partition coefficient (Wildman–Crippen LogP) is 1.28. The minimum absolute atomic E-state index is 0.0222. The van der Waals surface area contributed by atoms with E-state index in [0.717, 1.165) is 12.8 Å². The van der Waals surface area contributed by atoms with Crippen LogP contribution in [0.1, 0.15) is 45.4 Å². The summed E-state index contributed by atoms with van der Waals surface area (Å²) in [6.07, 6.45) is 4.03. The maximum Gasteiger partial charge on any atom is 0.320 e. The lowest BCUT2D eigenvalue weighted by atomic mass is 9.84. The van der Waals surface area contributed by atoms with Gasteiger partial charge >= 0.3 is 12.0 Å². The Hall–Kier alpha value is -1.30. The van der Waals surface area contributed by atoms with Crippen LogP contribution in [0.4, 0.5) is 4.79 Å². The van der Waals surface area contributed by atoms with Crippen molar-refractivity contribution < 1.29 is 19.8 Å². The zero-order valence-electron chi connectivity index (χ0n) is 12.5. The molecule has 3 aliphatic rings. The Morgan fingerprint density at radius 2 is 1.86 bits per heavy atom. The van der Waals surface area contributed by atoms with Crippen molar-refractivity contribution >= 4 is 12.0 Å². The summed E-state index contributed by atoms with van der Waals surface area (Å²) in [5, 5.41) is 19.3. The Bertz CT molecular complexity index is 441. The van der Waals surface area contributed by atoms with Crippen molar-refractivity contribution in [1.29, 1.82) is 0 Å². The van der Waals surface area contributed by atoms with E-state index in [4.69, 9.17) is 0 Å². The van der Waals surface area contributed by atoms with Gasteiger partial charge in [0.25, 0.3) is 0 Å². The van der Waals surface area contributed by atoms with Crippen LogP contribution in [-0.4, -0.2) is 63.3 Å². The van der Waals surface area contributed by atoms with Crippen molar-refractivity contribution in [2.24, 2.45) is 5.41 Å². The van der Waals surface area contributed by atoms with E-state index in [-0.39, 0.29) is 24.2 Å². The summed E-state index contributed by atoms with van der Waals surface area (Å²) < 4.78 is 0. The summed E-state index contributed by atoms with van der Waals surface area (Å²) in [5.74, 6) is -0.794. The van der Waals surface area contributed by atoms with Gasteiger partial charge in [-0.05, 0) is 38.5 Å². The second-order valence-corrected chi connectivity index (χ2v) is 6.81. The first-order chi connectivity index (χ1) is 9.97. The molecule has 6 nitrogen and oxygen atoms in total. The number of fused-ring (bicyclic) bond motifs is 2. The lowest BCUT2D eigenvalue weighted by molar-refractivity contribution is -0.148. The average Bonchev–Trinajstić information content (AvgIpc) is 2.99. The Morgan fingerprint density at radius 1 is 1.24 bits per heavy atom. The van der Waals surface area contributed by atoms with E-state index >= 15 is 0 Å². The molecule has 0 spiro atoms. The average molecular weight is 296 g/mol. The molecule has 3 saturated heterocycles. The number of aliphatic carboxylic acids is 1. The summed E-state index contributed by atoms with van der Waals surface area (Å²) in [5.41, 5.74) is -0.774. The van der Waals surface area contributed by atoms with E-state index in [2.05, 4.69) is 0 Å². The molecule has 3 aliphatic heterocycles. The summed E-state index contributed by atoms with van der Waals surface area (Å²) in [4.78, 5) is 27.9. The second-order valence-electron chi connectivity index (χ2n) is 6.81. The van der Waals surface area contributed by atoms with Crippen LogP contribution in [-0.2, 0) is 4.79 Å². The quantitative estimate of drug-likeness (QED) is 0.804. The fourth-order valence-electron chi connectivity index (χ4n) is 4.27. The number of hydrogen-bond donors (Lipinski definition) is 2. The Morgan fingerprint density at radius 3 is 2.33 bits per heavy atom. The third kappa shape index (κ3) is 2.29. The maximum absolute atomic E-state index is 12.8. The molecule has 0 aromatic heterocycles. The van der Waals surface area contributed by atoms with Crippen LogP contribution in [0.15, 0.2) is 0 Å². The highest BCUT2D eigenvalue weighted by molar-refractivity contribution is 5.80. The van der Waals surface area contributed by atoms with Gasteiger partial charge < -0.3 is 20.0 Å². The first-order valence-corrected chi connectivity index (χ1v) is 7.95. The SMILES string of the molecule is CCC1(C(=O)O)CCN(C(=O)N2C3CCC2CC(O)C3)C1. The predicted molar refractivity (Wildman–Crippen MR) is 75.8 cm³/mol. The standard InChI is InChI=1S/C15H24N2O4/c1-2-15(13(19)20)5-6-16(9-15)14(21)17-10-3-4-11(17)8-12(18)7-10/h10-12,18H,2-9H2,1H3,(H,19,20). The molecule has 2 bridgehead atoms. The molecule has 0 saturated carbocycles. The van der Waals surface area contributed by atoms with Crippen molar-refractivity contribution in [3.8, 4) is 0 Å². The molecule has 3 rings (SSSR count). The third-order valence-electron chi connectivity index (χ3n) is 5.68. The second kappa shape index (κ2) is 5.16. The van der Waals surface area contributed by atoms with Gasteiger partial charge in [-0.25, -0.2) is 4.79 Å². The first-order valence-electron chi connectivity index (χ1n) is 7.95. The van der Waals surface area contributed by atoms with E-state index in [9.17, 15) is 19.8 Å².